The summed E-state index contributed by atoms with van der Waals surface area (Å²) in [5.41, 5.74) is 0. The first kappa shape index (κ1) is 15.3. The molecule has 3 heteroatoms. The molecule has 0 N–H and O–H groups in total. The van der Waals surface area contributed by atoms with Crippen molar-refractivity contribution in [1.82, 2.24) is 4.90 Å². The molecule has 2 rings (SSSR count). The third-order valence-electron chi connectivity index (χ3n) is 4.86. The first-order valence-electron chi connectivity index (χ1n) is 8.16. The van der Waals surface area contributed by atoms with Crippen LogP contribution in [0.1, 0.15) is 70.6 Å². The lowest BCUT2D eigenvalue weighted by Crippen LogP contribution is -2.44. The van der Waals surface area contributed by atoms with Gasteiger partial charge >= 0.3 is 0 Å². The van der Waals surface area contributed by atoms with Crippen LogP contribution < -0.4 is 0 Å². The number of hydrogen-bond donors (Lipinski definition) is 0. The molecular weight excluding hydrogens is 302 g/mol. The molecule has 0 heterocycles. The molecule has 0 aliphatic heterocycles. The molecule has 0 atom stereocenters. The van der Waals surface area contributed by atoms with Crippen molar-refractivity contribution in [3.63, 3.8) is 0 Å². The van der Waals surface area contributed by atoms with E-state index in [1.807, 2.05) is 0 Å². The molecule has 0 spiro atoms. The molecule has 0 bridgehead atoms. The highest BCUT2D eigenvalue weighted by Crippen LogP contribution is 2.29. The van der Waals surface area contributed by atoms with E-state index in [-0.39, 0.29) is 0 Å². The largest absolute Gasteiger partial charge is 0.340 e. The maximum Gasteiger partial charge on any atom is 0.222 e. The molecule has 0 unspecified atom stereocenters. The van der Waals surface area contributed by atoms with Gasteiger partial charge in [-0.15, -0.1) is 0 Å². The molecule has 0 aromatic carbocycles. The molecular formula is C16H28BrNO. The number of hydrogen-bond acceptors (Lipinski definition) is 1. The van der Waals surface area contributed by atoms with Crippen LogP contribution in [0.5, 0.6) is 0 Å². The van der Waals surface area contributed by atoms with Crippen molar-refractivity contribution in [2.24, 2.45) is 5.92 Å². The van der Waals surface area contributed by atoms with E-state index in [9.17, 15) is 4.79 Å². The molecule has 0 saturated heterocycles. The third kappa shape index (κ3) is 4.77. The normalized spacial score (nSPS) is 21.1. The third-order valence-corrected chi connectivity index (χ3v) is 5.42. The second kappa shape index (κ2) is 8.28. The Balaban J connectivity index is 1.73. The molecule has 0 radical (unpaired) electrons. The average Bonchev–Trinajstić information content (AvgIpc) is 2.39. The predicted octanol–water partition coefficient (Wildman–Crippen LogP) is 4.51. The standard InChI is InChI=1S/C16H28BrNO/c17-12-5-13-18(15-8-4-9-15)16(19)11-10-14-6-2-1-3-7-14/h14-15H,1-13H2. The van der Waals surface area contributed by atoms with Crippen LogP contribution in [0, 0.1) is 5.92 Å². The van der Waals surface area contributed by atoms with E-state index in [2.05, 4.69) is 20.8 Å². The topological polar surface area (TPSA) is 20.3 Å². The Morgan fingerprint density at radius 2 is 1.79 bits per heavy atom. The van der Waals surface area contributed by atoms with Crippen LogP contribution in [0.4, 0.5) is 0 Å². The molecule has 2 saturated carbocycles. The quantitative estimate of drug-likeness (QED) is 0.629. The summed E-state index contributed by atoms with van der Waals surface area (Å²) in [6, 6.07) is 0.568. The number of halogens is 1. The highest BCUT2D eigenvalue weighted by Gasteiger charge is 2.28. The highest BCUT2D eigenvalue weighted by atomic mass is 79.9. The fourth-order valence-corrected chi connectivity index (χ4v) is 3.64. The SMILES string of the molecule is O=C(CCC1CCCCC1)N(CCCBr)C1CCC1. The zero-order valence-corrected chi connectivity index (χ0v) is 13.7. The van der Waals surface area contributed by atoms with Crippen LogP contribution >= 0.6 is 15.9 Å². The average molecular weight is 330 g/mol. The van der Waals surface area contributed by atoms with Crippen molar-refractivity contribution in [3.05, 3.63) is 0 Å². The summed E-state index contributed by atoms with van der Waals surface area (Å²) in [5, 5.41) is 1.01. The summed E-state index contributed by atoms with van der Waals surface area (Å²) in [4.78, 5) is 14.6. The fraction of sp³-hybridized carbons (Fsp3) is 0.938. The Morgan fingerprint density at radius 3 is 2.37 bits per heavy atom. The van der Waals surface area contributed by atoms with E-state index >= 15 is 0 Å². The second-order valence-corrected chi connectivity index (χ2v) is 7.05. The summed E-state index contributed by atoms with van der Waals surface area (Å²) < 4.78 is 0. The van der Waals surface area contributed by atoms with Crippen molar-refractivity contribution < 1.29 is 4.79 Å². The van der Waals surface area contributed by atoms with Gasteiger partial charge in [0, 0.05) is 24.3 Å². The van der Waals surface area contributed by atoms with E-state index in [0.29, 0.717) is 11.9 Å². The maximum absolute atomic E-state index is 12.4. The van der Waals surface area contributed by atoms with Crippen molar-refractivity contribution in [2.75, 3.05) is 11.9 Å². The van der Waals surface area contributed by atoms with E-state index in [0.717, 1.165) is 37.1 Å². The smallest absolute Gasteiger partial charge is 0.222 e. The van der Waals surface area contributed by atoms with Crippen LogP contribution in [-0.4, -0.2) is 28.7 Å². The summed E-state index contributed by atoms with van der Waals surface area (Å²) in [5.74, 6) is 1.26. The van der Waals surface area contributed by atoms with Gasteiger partial charge in [-0.05, 0) is 38.0 Å². The van der Waals surface area contributed by atoms with Gasteiger partial charge in [0.2, 0.25) is 5.91 Å². The van der Waals surface area contributed by atoms with E-state index in [1.54, 1.807) is 0 Å². The van der Waals surface area contributed by atoms with Gasteiger partial charge in [0.15, 0.2) is 0 Å². The van der Waals surface area contributed by atoms with Crippen LogP contribution in [0.3, 0.4) is 0 Å². The Morgan fingerprint density at radius 1 is 1.05 bits per heavy atom. The minimum absolute atomic E-state index is 0.427. The molecule has 110 valence electrons. The van der Waals surface area contributed by atoms with Crippen LogP contribution in [0.2, 0.25) is 0 Å². The van der Waals surface area contributed by atoms with Gasteiger partial charge in [-0.2, -0.15) is 0 Å². The lowest BCUT2D eigenvalue weighted by Gasteiger charge is -2.38. The lowest BCUT2D eigenvalue weighted by atomic mass is 9.85. The minimum Gasteiger partial charge on any atom is -0.340 e. The predicted molar refractivity (Wildman–Crippen MR) is 83.6 cm³/mol. The Kier molecular flexibility index (Phi) is 6.69. The molecule has 2 aliphatic carbocycles. The second-order valence-electron chi connectivity index (χ2n) is 6.26. The number of rotatable bonds is 7. The molecule has 2 aliphatic rings. The molecule has 2 fully saturated rings. The Hall–Kier alpha value is -0.0500. The maximum atomic E-state index is 12.4. The number of carbonyl (C=O) groups excluding carboxylic acids is 1. The Bertz CT molecular complexity index is 272. The zero-order valence-electron chi connectivity index (χ0n) is 12.1. The van der Waals surface area contributed by atoms with E-state index in [4.69, 9.17) is 0 Å². The van der Waals surface area contributed by atoms with Gasteiger partial charge in [0.05, 0.1) is 0 Å². The van der Waals surface area contributed by atoms with Gasteiger partial charge in [-0.1, -0.05) is 48.0 Å². The van der Waals surface area contributed by atoms with E-state index < -0.39 is 0 Å². The van der Waals surface area contributed by atoms with E-state index in [1.165, 1.54) is 51.4 Å². The summed E-state index contributed by atoms with van der Waals surface area (Å²) in [6.45, 7) is 0.958. The lowest BCUT2D eigenvalue weighted by molar-refractivity contribution is -0.135. The number of nitrogens with zero attached hydrogens (tertiary/aromatic N) is 1. The van der Waals surface area contributed by atoms with Crippen LogP contribution in [0.25, 0.3) is 0 Å². The fourth-order valence-electron chi connectivity index (χ4n) is 3.39. The Labute approximate surface area is 126 Å². The zero-order chi connectivity index (χ0) is 13.5. The van der Waals surface area contributed by atoms with Gasteiger partial charge in [0.1, 0.15) is 0 Å². The minimum atomic E-state index is 0.427. The number of amides is 1. The van der Waals surface area contributed by atoms with Gasteiger partial charge in [0.25, 0.3) is 0 Å². The highest BCUT2D eigenvalue weighted by molar-refractivity contribution is 9.09. The molecule has 0 aromatic heterocycles. The van der Waals surface area contributed by atoms with Gasteiger partial charge in [-0.25, -0.2) is 0 Å². The number of alkyl halides is 1. The van der Waals surface area contributed by atoms with Crippen molar-refractivity contribution in [2.45, 2.75) is 76.7 Å². The molecule has 1 amide bonds. The summed E-state index contributed by atoms with van der Waals surface area (Å²) >= 11 is 3.48. The van der Waals surface area contributed by atoms with Crippen LogP contribution in [-0.2, 0) is 4.79 Å². The summed E-state index contributed by atoms with van der Waals surface area (Å²) in [7, 11) is 0. The molecule has 19 heavy (non-hydrogen) atoms. The summed E-state index contributed by atoms with van der Waals surface area (Å²) in [6.07, 6.45) is 13.7. The molecule has 2 nitrogen and oxygen atoms in total. The van der Waals surface area contributed by atoms with Crippen molar-refractivity contribution in [3.8, 4) is 0 Å². The monoisotopic (exact) mass is 329 g/mol. The van der Waals surface area contributed by atoms with Gasteiger partial charge < -0.3 is 4.90 Å². The van der Waals surface area contributed by atoms with Crippen molar-refractivity contribution in [1.29, 1.82) is 0 Å². The van der Waals surface area contributed by atoms with Gasteiger partial charge in [-0.3, -0.25) is 4.79 Å². The van der Waals surface area contributed by atoms with Crippen molar-refractivity contribution >= 4 is 21.8 Å². The first-order chi connectivity index (χ1) is 9.31. The molecule has 0 aromatic rings. The van der Waals surface area contributed by atoms with Crippen LogP contribution in [0.15, 0.2) is 0 Å². The first-order valence-corrected chi connectivity index (χ1v) is 9.29. The number of carbonyl (C=O) groups is 1.